The van der Waals surface area contributed by atoms with E-state index in [1.807, 2.05) is 13.8 Å². The first-order valence-corrected chi connectivity index (χ1v) is 15.8. The Morgan fingerprint density at radius 3 is 2.15 bits per heavy atom. The van der Waals surface area contributed by atoms with Crippen LogP contribution in [0, 0.1) is 0 Å². The Hall–Kier alpha value is -3.30. The minimum atomic E-state index is -0.998. The maximum atomic E-state index is 13.0. The van der Waals surface area contributed by atoms with Gasteiger partial charge in [-0.3, -0.25) is 14.4 Å². The summed E-state index contributed by atoms with van der Waals surface area (Å²) in [6.07, 6.45) is 3.05. The molecule has 1 unspecified atom stereocenters. The van der Waals surface area contributed by atoms with Crippen LogP contribution >= 0.6 is 11.6 Å². The molecule has 16 heteroatoms. The van der Waals surface area contributed by atoms with Crippen LogP contribution in [0.15, 0.2) is 53.6 Å². The van der Waals surface area contributed by atoms with Crippen molar-refractivity contribution in [2.75, 3.05) is 52.8 Å². The van der Waals surface area contributed by atoms with E-state index in [2.05, 4.69) is 37.9 Å². The number of pyridine rings is 1. The molecule has 5 N–H and O–H groups in total. The Bertz CT molecular complexity index is 1380. The van der Waals surface area contributed by atoms with Crippen molar-refractivity contribution in [2.24, 2.45) is 18.5 Å². The minimum absolute atomic E-state index is 0.0142. The molecule has 0 aliphatic carbocycles. The summed E-state index contributed by atoms with van der Waals surface area (Å²) in [5.74, 6) is -0.977. The summed E-state index contributed by atoms with van der Waals surface area (Å²) in [6.45, 7) is 11.6. The summed E-state index contributed by atoms with van der Waals surface area (Å²) in [5, 5.41) is 6.68. The normalized spacial score (nSPS) is 10.9. The molecule has 3 radical (unpaired) electrons. The zero-order valence-corrected chi connectivity index (χ0v) is 28.7. The second-order valence-electron chi connectivity index (χ2n) is 8.96. The van der Waals surface area contributed by atoms with E-state index < -0.39 is 17.9 Å². The van der Waals surface area contributed by atoms with Gasteiger partial charge in [-0.1, -0.05) is 49.7 Å². The molecule has 1 aromatic carbocycles. The number of nitrogens with one attached hydrogen (secondary N) is 1. The van der Waals surface area contributed by atoms with Crippen molar-refractivity contribution in [1.29, 1.82) is 0 Å². The number of aryl methyl sites for hydroxylation is 1. The van der Waals surface area contributed by atoms with Crippen LogP contribution in [-0.4, -0.2) is 108 Å². The molecule has 13 nitrogen and oxygen atoms in total. The van der Waals surface area contributed by atoms with Gasteiger partial charge in [-0.25, -0.2) is 9.67 Å². The van der Waals surface area contributed by atoms with Gasteiger partial charge in [-0.2, -0.15) is 5.10 Å². The third-order valence-corrected chi connectivity index (χ3v) is 6.23. The van der Waals surface area contributed by atoms with Crippen molar-refractivity contribution in [3.63, 3.8) is 0 Å². The van der Waals surface area contributed by atoms with Gasteiger partial charge in [0.05, 0.1) is 57.0 Å². The Morgan fingerprint density at radius 2 is 1.59 bits per heavy atom. The molecule has 1 atom stereocenters. The molecule has 0 saturated heterocycles. The van der Waals surface area contributed by atoms with E-state index in [1.165, 1.54) is 23.1 Å². The number of carbonyl (C=O) groups is 2. The molecule has 0 aliphatic heterocycles. The number of primary amides is 1. The third-order valence-electron chi connectivity index (χ3n) is 5.93. The van der Waals surface area contributed by atoms with Gasteiger partial charge in [0.1, 0.15) is 17.8 Å². The van der Waals surface area contributed by atoms with Crippen molar-refractivity contribution >= 4 is 45.9 Å². The summed E-state index contributed by atoms with van der Waals surface area (Å²) in [4.78, 5) is 41.5. The second kappa shape index (κ2) is 24.0. The summed E-state index contributed by atoms with van der Waals surface area (Å²) >= 11 is 8.11. The number of halogens is 1. The number of ether oxygens (including phenoxy) is 4. The van der Waals surface area contributed by atoms with Gasteiger partial charge in [-0.05, 0) is 23.3 Å². The predicted octanol–water partition coefficient (Wildman–Crippen LogP) is 0.974. The van der Waals surface area contributed by atoms with Crippen LogP contribution in [0.5, 0.6) is 5.75 Å². The Labute approximate surface area is 283 Å². The molecule has 46 heavy (non-hydrogen) atoms. The van der Waals surface area contributed by atoms with Gasteiger partial charge < -0.3 is 35.7 Å². The van der Waals surface area contributed by atoms with Crippen LogP contribution in [0.1, 0.15) is 29.8 Å². The van der Waals surface area contributed by atoms with E-state index in [4.69, 9.17) is 42.0 Å². The molecular formula is C30H41BClN6O7Se. The van der Waals surface area contributed by atoms with Gasteiger partial charge in [0.25, 0.3) is 11.5 Å². The molecule has 0 saturated carbocycles. The van der Waals surface area contributed by atoms with Crippen LogP contribution < -0.4 is 27.1 Å². The average Bonchev–Trinajstić information content (AvgIpc) is 3.07. The fourth-order valence-electron chi connectivity index (χ4n) is 3.79. The maximum absolute atomic E-state index is 13.0. The zero-order valence-electron chi connectivity index (χ0n) is 26.3. The number of nitrogens with two attached hydrogens (primary N) is 2. The second-order valence-corrected chi connectivity index (χ2v) is 9.32. The van der Waals surface area contributed by atoms with Crippen LogP contribution in [0.2, 0.25) is 5.15 Å². The number of benzene rings is 1. The van der Waals surface area contributed by atoms with Crippen LogP contribution in [-0.2, 0) is 32.5 Å². The van der Waals surface area contributed by atoms with Crippen molar-refractivity contribution in [1.82, 2.24) is 20.1 Å². The van der Waals surface area contributed by atoms with E-state index in [-0.39, 0.29) is 35.9 Å². The Balaban J connectivity index is 0.00000254. The van der Waals surface area contributed by atoms with Gasteiger partial charge in [-0.15, -0.1) is 0 Å². The molecule has 3 aromatic rings. The average molecular weight is 723 g/mol. The summed E-state index contributed by atoms with van der Waals surface area (Å²) in [6, 6.07) is 8.99. The molecule has 2 amide bonds. The summed E-state index contributed by atoms with van der Waals surface area (Å²) in [7, 11) is 1.54. The van der Waals surface area contributed by atoms with Gasteiger partial charge >= 0.3 is 22.5 Å². The van der Waals surface area contributed by atoms with Crippen LogP contribution in [0.3, 0.4) is 0 Å². The predicted molar refractivity (Wildman–Crippen MR) is 178 cm³/mol. The van der Waals surface area contributed by atoms with E-state index >= 15 is 0 Å². The molecule has 0 bridgehead atoms. The molecule has 0 spiro atoms. The van der Waals surface area contributed by atoms with Crippen molar-refractivity contribution in [2.45, 2.75) is 26.3 Å². The third kappa shape index (κ3) is 14.0. The number of aromatic nitrogens is 3. The first-order valence-electron chi connectivity index (χ1n) is 14.5. The standard InChI is InChI=1S/C28H35ClN6O7.C2H6.BSe/c1-35-28(38)24(23(18-33-35)42-16-15-41-14-13-40-12-11-39-10-8-30)20-6-4-19(5-7-20)17-22(26(31)36)34-27(37)21-3-2-9-32-25(21)29;2*1-2/h2-7,9,18,22H,8,10-17,30H2,1H3,(H2,31,36)(H,34,37);1-2H3;. The molecule has 2 heterocycles. The summed E-state index contributed by atoms with van der Waals surface area (Å²) in [5.41, 5.74) is 12.3. The van der Waals surface area contributed by atoms with E-state index in [9.17, 15) is 14.4 Å². The van der Waals surface area contributed by atoms with Crippen LogP contribution in [0.4, 0.5) is 0 Å². The topological polar surface area (TPSA) is 183 Å². The van der Waals surface area contributed by atoms with E-state index in [1.54, 1.807) is 37.4 Å². The first-order chi connectivity index (χ1) is 22.3. The van der Waals surface area contributed by atoms with Crippen LogP contribution in [0.25, 0.3) is 11.1 Å². The molecule has 0 fully saturated rings. The molecule has 3 rings (SSSR count). The van der Waals surface area contributed by atoms with Crippen molar-refractivity contribution < 1.29 is 28.5 Å². The Morgan fingerprint density at radius 1 is 1.00 bits per heavy atom. The van der Waals surface area contributed by atoms with Gasteiger partial charge in [0.15, 0.2) is 5.75 Å². The van der Waals surface area contributed by atoms with Crippen molar-refractivity contribution in [3.8, 4) is 16.9 Å². The number of rotatable bonds is 18. The molecule has 2 aromatic heterocycles. The molecular weight excluding hydrogens is 682 g/mol. The SMILES string of the molecule is CC.Cn1ncc(OCCOCCOCCOCCN)c(-c2ccc(CC(NC(=O)c3cccnc3Cl)C(N)=O)cc2)c1=O.[B][Se]. The van der Waals surface area contributed by atoms with E-state index in [0.29, 0.717) is 62.0 Å². The van der Waals surface area contributed by atoms with Gasteiger partial charge in [0, 0.05) is 26.2 Å². The first kappa shape index (κ1) is 40.7. The zero-order chi connectivity index (χ0) is 34.3. The van der Waals surface area contributed by atoms with Crippen molar-refractivity contribution in [3.05, 3.63) is 75.4 Å². The van der Waals surface area contributed by atoms with Gasteiger partial charge in [0.2, 0.25) is 5.91 Å². The number of hydrogen-bond acceptors (Lipinski definition) is 10. The van der Waals surface area contributed by atoms with E-state index in [0.717, 1.165) is 0 Å². The fourth-order valence-corrected chi connectivity index (χ4v) is 4.00. The monoisotopic (exact) mass is 723 g/mol. The number of amides is 2. The number of hydrogen-bond donors (Lipinski definition) is 3. The fraction of sp³-hybridized carbons (Fsp3) is 0.433. The number of carbonyl (C=O) groups excluding carboxylic acids is 2. The Kier molecular flexibility index (Phi) is 21.2. The quantitative estimate of drug-likeness (QED) is 0.0972. The number of nitrogens with zero attached hydrogens (tertiary/aromatic N) is 3. The summed E-state index contributed by atoms with van der Waals surface area (Å²) < 4.78 is 23.2. The molecule has 249 valence electrons. The molecule has 0 aliphatic rings.